The van der Waals surface area contributed by atoms with Crippen LogP contribution >= 0.6 is 11.6 Å². The molecular weight excluding hydrogens is 532 g/mol. The van der Waals surface area contributed by atoms with Crippen molar-refractivity contribution in [3.63, 3.8) is 0 Å². The van der Waals surface area contributed by atoms with E-state index in [1.54, 1.807) is 35.0 Å². The first kappa shape index (κ1) is 30.9. The summed E-state index contributed by atoms with van der Waals surface area (Å²) in [5, 5.41) is 37.4. The first-order valence-corrected chi connectivity index (χ1v) is 12.6. The van der Waals surface area contributed by atoms with Gasteiger partial charge in [0.15, 0.2) is 5.65 Å². The van der Waals surface area contributed by atoms with Crippen LogP contribution in [0.2, 0.25) is 5.02 Å². The topological polar surface area (TPSA) is 111 Å². The van der Waals surface area contributed by atoms with Crippen LogP contribution in [0.3, 0.4) is 0 Å². The minimum absolute atomic E-state index is 0. The number of pyridine rings is 1. The number of benzene rings is 2. The number of aryl methyl sites for hydroxylation is 1. The predicted molar refractivity (Wildman–Crippen MR) is 144 cm³/mol. The molecule has 2 atom stereocenters. The molecule has 0 amide bonds. The van der Waals surface area contributed by atoms with Crippen LogP contribution in [0.1, 0.15) is 43.9 Å². The van der Waals surface area contributed by atoms with E-state index in [9.17, 15) is 24.5 Å². The summed E-state index contributed by atoms with van der Waals surface area (Å²) in [6.07, 6.45) is 0.0958. The molecule has 0 radical (unpaired) electrons. The Balaban J connectivity index is 0.00000420. The van der Waals surface area contributed by atoms with E-state index in [1.165, 1.54) is 18.2 Å². The van der Waals surface area contributed by atoms with Crippen molar-refractivity contribution in [2.24, 2.45) is 7.05 Å². The molecule has 0 aliphatic carbocycles. The second-order valence-corrected chi connectivity index (χ2v) is 9.95. The van der Waals surface area contributed by atoms with Gasteiger partial charge < -0.3 is 20.1 Å². The average molecular weight is 560 g/mol. The summed E-state index contributed by atoms with van der Waals surface area (Å²) in [6, 6.07) is 13.4. The van der Waals surface area contributed by atoms with Gasteiger partial charge in [0.1, 0.15) is 11.5 Å². The van der Waals surface area contributed by atoms with Crippen molar-refractivity contribution in [3.05, 3.63) is 76.7 Å². The largest absolute Gasteiger partial charge is 1.00 e. The van der Waals surface area contributed by atoms with Crippen LogP contribution in [-0.2, 0) is 11.8 Å². The standard InChI is InChI=1S/C29H29ClFN3O4.Na/c1-16(2)27-23(13-12-21(35)14-22(36)15-24(37)38)25(17-6-10-20(31)11-7-17)26-28(33-34(3)29(26)32-27)18-4-8-19(30)9-5-18;/h4-13,16,21-22,35-36H,14-15H2,1-3H3,(H,37,38);/q;+1/p-1/b13-12+;/t21-,22-;/m1./s1. The molecule has 7 nitrogen and oxygen atoms in total. The first-order chi connectivity index (χ1) is 18.0. The number of aliphatic hydroxyl groups is 2. The molecule has 0 saturated carbocycles. The zero-order valence-corrected chi connectivity index (χ0v) is 25.0. The van der Waals surface area contributed by atoms with E-state index in [-0.39, 0.29) is 47.7 Å². The third-order valence-electron chi connectivity index (χ3n) is 6.24. The molecule has 0 fully saturated rings. The zero-order valence-electron chi connectivity index (χ0n) is 22.2. The molecule has 39 heavy (non-hydrogen) atoms. The van der Waals surface area contributed by atoms with Gasteiger partial charge in [0.2, 0.25) is 0 Å². The molecule has 4 aromatic rings. The van der Waals surface area contributed by atoms with Crippen LogP contribution in [0.15, 0.2) is 54.6 Å². The van der Waals surface area contributed by atoms with Gasteiger partial charge in [0, 0.05) is 47.6 Å². The Morgan fingerprint density at radius 1 is 1.10 bits per heavy atom. The monoisotopic (exact) mass is 559 g/mol. The van der Waals surface area contributed by atoms with Crippen LogP contribution in [0, 0.1) is 5.82 Å². The van der Waals surface area contributed by atoms with Gasteiger partial charge in [0.25, 0.3) is 0 Å². The van der Waals surface area contributed by atoms with Crippen LogP contribution in [0.25, 0.3) is 39.5 Å². The Morgan fingerprint density at radius 3 is 2.31 bits per heavy atom. The molecule has 2 aromatic carbocycles. The Bertz CT molecular complexity index is 1490. The number of carboxylic acids is 1. The maximum Gasteiger partial charge on any atom is 1.00 e. The van der Waals surface area contributed by atoms with Gasteiger partial charge in [-0.25, -0.2) is 14.1 Å². The minimum atomic E-state index is -1.39. The minimum Gasteiger partial charge on any atom is -0.550 e. The van der Waals surface area contributed by atoms with Crippen molar-refractivity contribution in [1.82, 2.24) is 14.8 Å². The van der Waals surface area contributed by atoms with Crippen molar-refractivity contribution in [3.8, 4) is 22.4 Å². The Kier molecular flexibility index (Phi) is 10.5. The molecular formula is C29H28ClFN3NaO4. The van der Waals surface area contributed by atoms with Crippen LogP contribution < -0.4 is 34.7 Å². The van der Waals surface area contributed by atoms with Crippen molar-refractivity contribution in [2.45, 2.75) is 44.8 Å². The number of aromatic nitrogens is 3. The van der Waals surface area contributed by atoms with Gasteiger partial charge >= 0.3 is 29.6 Å². The molecule has 0 aliphatic rings. The molecule has 0 aliphatic heterocycles. The molecule has 2 aromatic heterocycles. The SMILES string of the molecule is CC(C)c1nc2c(c(-c3ccc(Cl)cc3)nn2C)c(-c2ccc(F)cc2)c1/C=C/[C@@H](O)C[C@@H](O)CC(=O)[O-].[Na+]. The summed E-state index contributed by atoms with van der Waals surface area (Å²) in [4.78, 5) is 15.7. The van der Waals surface area contributed by atoms with E-state index in [4.69, 9.17) is 21.7 Å². The molecule has 0 saturated heterocycles. The predicted octanol–water partition coefficient (Wildman–Crippen LogP) is 1.49. The van der Waals surface area contributed by atoms with Gasteiger partial charge in [0.05, 0.1) is 23.3 Å². The molecule has 4 rings (SSSR count). The number of carbonyl (C=O) groups is 1. The number of carbonyl (C=O) groups excluding carboxylic acids is 1. The smallest absolute Gasteiger partial charge is 0.550 e. The maximum atomic E-state index is 13.9. The summed E-state index contributed by atoms with van der Waals surface area (Å²) in [7, 11) is 1.81. The van der Waals surface area contributed by atoms with E-state index in [2.05, 4.69) is 0 Å². The number of rotatable bonds is 9. The van der Waals surface area contributed by atoms with Gasteiger partial charge in [-0.05, 0) is 35.7 Å². The molecule has 2 N–H and O–H groups in total. The summed E-state index contributed by atoms with van der Waals surface area (Å²) in [6.45, 7) is 3.99. The number of carboxylic acid groups (broad SMARTS) is 1. The fourth-order valence-electron chi connectivity index (χ4n) is 4.49. The number of hydrogen-bond acceptors (Lipinski definition) is 6. The van der Waals surface area contributed by atoms with Crippen molar-refractivity contribution in [2.75, 3.05) is 0 Å². The van der Waals surface area contributed by atoms with Gasteiger partial charge in [-0.15, -0.1) is 0 Å². The second-order valence-electron chi connectivity index (χ2n) is 9.52. The Labute approximate surface area is 253 Å². The number of nitrogens with zero attached hydrogens (tertiary/aromatic N) is 3. The third-order valence-corrected chi connectivity index (χ3v) is 6.49. The van der Waals surface area contributed by atoms with Crippen LogP contribution in [0.4, 0.5) is 4.39 Å². The average Bonchev–Trinajstić information content (AvgIpc) is 3.18. The van der Waals surface area contributed by atoms with Gasteiger partial charge in [-0.1, -0.05) is 61.9 Å². The van der Waals surface area contributed by atoms with Gasteiger partial charge in [-0.2, -0.15) is 5.10 Å². The molecule has 0 unspecified atom stereocenters. The van der Waals surface area contributed by atoms with Crippen molar-refractivity contribution < 1.29 is 54.1 Å². The molecule has 0 spiro atoms. The Morgan fingerprint density at radius 2 is 1.72 bits per heavy atom. The number of fused-ring (bicyclic) bond motifs is 1. The van der Waals surface area contributed by atoms with E-state index >= 15 is 0 Å². The number of halogens is 2. The van der Waals surface area contributed by atoms with E-state index in [0.29, 0.717) is 21.9 Å². The van der Waals surface area contributed by atoms with Crippen molar-refractivity contribution in [1.29, 1.82) is 0 Å². The number of aliphatic hydroxyl groups excluding tert-OH is 2. The second kappa shape index (κ2) is 13.2. The Hall–Kier alpha value is -2.59. The van der Waals surface area contributed by atoms with E-state index in [0.717, 1.165) is 27.8 Å². The molecule has 2 heterocycles. The molecule has 10 heteroatoms. The molecule has 0 bridgehead atoms. The summed E-state index contributed by atoms with van der Waals surface area (Å²) in [5.74, 6) is -1.79. The fraction of sp³-hybridized carbons (Fsp3) is 0.276. The summed E-state index contributed by atoms with van der Waals surface area (Å²) in [5.41, 5.74) is 5.06. The normalized spacial score (nSPS) is 13.1. The first-order valence-electron chi connectivity index (χ1n) is 12.2. The fourth-order valence-corrected chi connectivity index (χ4v) is 4.61. The number of hydrogen-bond donors (Lipinski definition) is 2. The van der Waals surface area contributed by atoms with Crippen LogP contribution in [0.5, 0.6) is 0 Å². The third kappa shape index (κ3) is 7.14. The van der Waals surface area contributed by atoms with Crippen molar-refractivity contribution >= 4 is 34.7 Å². The van der Waals surface area contributed by atoms with E-state index in [1.807, 2.05) is 33.0 Å². The zero-order chi connectivity index (χ0) is 27.6. The quantitative estimate of drug-likeness (QED) is 0.301. The summed E-state index contributed by atoms with van der Waals surface area (Å²) < 4.78 is 15.6. The summed E-state index contributed by atoms with van der Waals surface area (Å²) >= 11 is 6.12. The molecule has 198 valence electrons. The van der Waals surface area contributed by atoms with E-state index < -0.39 is 24.6 Å². The van der Waals surface area contributed by atoms with Gasteiger partial charge in [-0.3, -0.25) is 0 Å². The maximum absolute atomic E-state index is 13.9. The number of aliphatic carboxylic acids is 1. The van der Waals surface area contributed by atoms with Crippen LogP contribution in [-0.4, -0.2) is 43.2 Å².